The lowest BCUT2D eigenvalue weighted by Crippen LogP contribution is -2.15. The lowest BCUT2D eigenvalue weighted by Gasteiger charge is -2.10. The van der Waals surface area contributed by atoms with Crippen LogP contribution in [-0.4, -0.2) is 10.9 Å². The second-order valence-corrected chi connectivity index (χ2v) is 5.21. The first-order valence-electron chi connectivity index (χ1n) is 5.92. The van der Waals surface area contributed by atoms with Crippen molar-refractivity contribution in [2.45, 2.75) is 19.8 Å². The molecule has 0 unspecified atom stereocenters. The van der Waals surface area contributed by atoms with Crippen LogP contribution in [0.4, 0.5) is 11.5 Å². The molecular weight excluding hydrogens is 260 g/mol. The van der Waals surface area contributed by atoms with Gasteiger partial charge in [-0.1, -0.05) is 13.8 Å². The number of thiophene rings is 1. The highest BCUT2D eigenvalue weighted by molar-refractivity contribution is 7.08. The van der Waals surface area contributed by atoms with Crippen LogP contribution >= 0.6 is 11.3 Å². The van der Waals surface area contributed by atoms with E-state index in [-0.39, 0.29) is 11.8 Å². The van der Waals surface area contributed by atoms with Gasteiger partial charge in [0, 0.05) is 16.6 Å². The molecule has 0 bridgehead atoms. The fraction of sp³-hybridized carbons (Fsp3) is 0.231. The molecule has 0 atom stereocenters. The first-order valence-corrected chi connectivity index (χ1v) is 6.86. The molecule has 2 heterocycles. The maximum atomic E-state index is 12.2. The van der Waals surface area contributed by atoms with E-state index in [4.69, 9.17) is 5.84 Å². The number of nitrogens with one attached hydrogen (secondary N) is 2. The SMILES string of the molecule is CC(C)c1cc(C(=O)Nc2ccsc2)cc(NN)n1. The number of pyridine rings is 1. The summed E-state index contributed by atoms with van der Waals surface area (Å²) in [5.74, 6) is 5.92. The molecule has 1 amide bonds. The van der Waals surface area contributed by atoms with Crippen LogP contribution in [0.15, 0.2) is 29.0 Å². The molecule has 0 radical (unpaired) electrons. The Bertz CT molecular complexity index is 566. The van der Waals surface area contributed by atoms with Crippen LogP contribution in [0.5, 0.6) is 0 Å². The van der Waals surface area contributed by atoms with Crippen LogP contribution in [-0.2, 0) is 0 Å². The molecular formula is C13H16N4OS. The van der Waals surface area contributed by atoms with Crippen molar-refractivity contribution in [2.75, 3.05) is 10.7 Å². The van der Waals surface area contributed by atoms with Crippen molar-refractivity contribution >= 4 is 28.7 Å². The van der Waals surface area contributed by atoms with Crippen molar-refractivity contribution in [1.82, 2.24) is 4.98 Å². The average molecular weight is 276 g/mol. The van der Waals surface area contributed by atoms with Gasteiger partial charge in [-0.15, -0.1) is 0 Å². The number of carbonyl (C=O) groups excluding carboxylic acids is 1. The minimum Gasteiger partial charge on any atom is -0.321 e. The summed E-state index contributed by atoms with van der Waals surface area (Å²) >= 11 is 1.53. The topological polar surface area (TPSA) is 80.0 Å². The number of carbonyl (C=O) groups is 1. The Morgan fingerprint density at radius 1 is 1.42 bits per heavy atom. The Labute approximate surface area is 115 Å². The lowest BCUT2D eigenvalue weighted by molar-refractivity contribution is 0.102. The van der Waals surface area contributed by atoms with Crippen molar-refractivity contribution < 1.29 is 4.79 Å². The summed E-state index contributed by atoms with van der Waals surface area (Å²) in [5, 5.41) is 6.62. The molecule has 100 valence electrons. The van der Waals surface area contributed by atoms with E-state index in [2.05, 4.69) is 15.7 Å². The Kier molecular flexibility index (Phi) is 4.13. The molecule has 0 saturated heterocycles. The highest BCUT2D eigenvalue weighted by atomic mass is 32.1. The minimum absolute atomic E-state index is 0.167. The maximum absolute atomic E-state index is 12.2. The molecule has 0 fully saturated rings. The fourth-order valence-electron chi connectivity index (χ4n) is 1.59. The van der Waals surface area contributed by atoms with Crippen LogP contribution in [0.3, 0.4) is 0 Å². The zero-order valence-electron chi connectivity index (χ0n) is 10.8. The first kappa shape index (κ1) is 13.5. The van der Waals surface area contributed by atoms with Crippen molar-refractivity contribution in [3.05, 3.63) is 40.2 Å². The highest BCUT2D eigenvalue weighted by Gasteiger charge is 2.12. The van der Waals surface area contributed by atoms with E-state index in [1.165, 1.54) is 11.3 Å². The van der Waals surface area contributed by atoms with Gasteiger partial charge >= 0.3 is 0 Å². The van der Waals surface area contributed by atoms with Crippen LogP contribution < -0.4 is 16.6 Å². The predicted molar refractivity (Wildman–Crippen MR) is 78.4 cm³/mol. The van der Waals surface area contributed by atoms with Gasteiger partial charge in [0.2, 0.25) is 0 Å². The number of hydrazine groups is 1. The predicted octanol–water partition coefficient (Wildman–Crippen LogP) is 2.80. The van der Waals surface area contributed by atoms with E-state index < -0.39 is 0 Å². The van der Waals surface area contributed by atoms with Crippen LogP contribution in [0, 0.1) is 0 Å². The van der Waals surface area contributed by atoms with E-state index in [1.807, 2.05) is 30.7 Å². The Hall–Kier alpha value is -1.92. The second-order valence-electron chi connectivity index (χ2n) is 4.43. The van der Waals surface area contributed by atoms with Crippen molar-refractivity contribution in [3.63, 3.8) is 0 Å². The number of nitrogen functional groups attached to an aromatic ring is 1. The number of anilines is 2. The monoisotopic (exact) mass is 276 g/mol. The normalized spacial score (nSPS) is 10.5. The zero-order valence-corrected chi connectivity index (χ0v) is 11.6. The highest BCUT2D eigenvalue weighted by Crippen LogP contribution is 2.19. The Morgan fingerprint density at radius 3 is 2.79 bits per heavy atom. The van der Waals surface area contributed by atoms with Gasteiger partial charge in [0.15, 0.2) is 0 Å². The quantitative estimate of drug-likeness (QED) is 0.592. The standard InChI is InChI=1S/C13H16N4OS/c1-8(2)11-5-9(6-12(16-11)17-14)13(18)15-10-3-4-19-7-10/h3-8H,14H2,1-2H3,(H,15,18)(H,16,17). The summed E-state index contributed by atoms with van der Waals surface area (Å²) in [5.41, 5.74) is 4.64. The van der Waals surface area contributed by atoms with Gasteiger partial charge in [0.1, 0.15) is 5.82 Å². The van der Waals surface area contributed by atoms with Gasteiger partial charge < -0.3 is 10.7 Å². The van der Waals surface area contributed by atoms with E-state index in [9.17, 15) is 4.79 Å². The van der Waals surface area contributed by atoms with Gasteiger partial charge in [-0.25, -0.2) is 10.8 Å². The van der Waals surface area contributed by atoms with Crippen LogP contribution in [0.25, 0.3) is 0 Å². The number of nitrogens with zero attached hydrogens (tertiary/aromatic N) is 1. The van der Waals surface area contributed by atoms with Gasteiger partial charge in [0.05, 0.1) is 5.69 Å². The summed E-state index contributed by atoms with van der Waals surface area (Å²) in [6, 6.07) is 5.27. The maximum Gasteiger partial charge on any atom is 0.255 e. The number of hydrogen-bond acceptors (Lipinski definition) is 5. The molecule has 2 aromatic heterocycles. The molecule has 4 N–H and O–H groups in total. The molecule has 0 saturated carbocycles. The van der Waals surface area contributed by atoms with Crippen LogP contribution in [0.2, 0.25) is 0 Å². The van der Waals surface area contributed by atoms with E-state index in [0.29, 0.717) is 11.4 Å². The molecule has 2 aromatic rings. The summed E-state index contributed by atoms with van der Waals surface area (Å²) in [4.78, 5) is 16.5. The van der Waals surface area contributed by atoms with Crippen LogP contribution in [0.1, 0.15) is 35.8 Å². The zero-order chi connectivity index (χ0) is 13.8. The van der Waals surface area contributed by atoms with Crippen molar-refractivity contribution in [2.24, 2.45) is 5.84 Å². The summed E-state index contributed by atoms with van der Waals surface area (Å²) in [6.45, 7) is 4.03. The summed E-state index contributed by atoms with van der Waals surface area (Å²) < 4.78 is 0. The van der Waals surface area contributed by atoms with E-state index in [0.717, 1.165) is 11.4 Å². The number of nitrogens with two attached hydrogens (primary N) is 1. The molecule has 0 spiro atoms. The molecule has 0 aromatic carbocycles. The third kappa shape index (κ3) is 3.30. The summed E-state index contributed by atoms with van der Waals surface area (Å²) in [6.07, 6.45) is 0. The second kappa shape index (κ2) is 5.81. The molecule has 0 aliphatic carbocycles. The minimum atomic E-state index is -0.167. The molecule has 0 aliphatic heterocycles. The van der Waals surface area contributed by atoms with Gasteiger partial charge in [-0.3, -0.25) is 4.79 Å². The number of rotatable bonds is 4. The fourth-order valence-corrected chi connectivity index (χ4v) is 2.18. The Balaban J connectivity index is 2.27. The average Bonchev–Trinajstić information content (AvgIpc) is 2.90. The van der Waals surface area contributed by atoms with E-state index in [1.54, 1.807) is 12.1 Å². The number of aromatic nitrogens is 1. The van der Waals surface area contributed by atoms with E-state index >= 15 is 0 Å². The summed E-state index contributed by atoms with van der Waals surface area (Å²) in [7, 11) is 0. The smallest absolute Gasteiger partial charge is 0.255 e. The third-order valence-electron chi connectivity index (χ3n) is 2.63. The Morgan fingerprint density at radius 2 is 2.21 bits per heavy atom. The molecule has 19 heavy (non-hydrogen) atoms. The lowest BCUT2D eigenvalue weighted by atomic mass is 10.1. The van der Waals surface area contributed by atoms with Gasteiger partial charge in [-0.2, -0.15) is 11.3 Å². The largest absolute Gasteiger partial charge is 0.321 e. The van der Waals surface area contributed by atoms with Gasteiger partial charge in [-0.05, 0) is 29.5 Å². The first-order chi connectivity index (χ1) is 9.10. The third-order valence-corrected chi connectivity index (χ3v) is 3.31. The molecule has 6 heteroatoms. The van der Waals surface area contributed by atoms with Crippen molar-refractivity contribution in [1.29, 1.82) is 0 Å². The number of hydrogen-bond donors (Lipinski definition) is 3. The number of amides is 1. The molecule has 2 rings (SSSR count). The molecule has 0 aliphatic rings. The van der Waals surface area contributed by atoms with Crippen molar-refractivity contribution in [3.8, 4) is 0 Å². The molecule has 5 nitrogen and oxygen atoms in total. The van der Waals surface area contributed by atoms with Gasteiger partial charge in [0.25, 0.3) is 5.91 Å².